The lowest BCUT2D eigenvalue weighted by molar-refractivity contribution is 0.0881. The lowest BCUT2D eigenvalue weighted by Gasteiger charge is -2.35. The van der Waals surface area contributed by atoms with Gasteiger partial charge >= 0.3 is 0 Å². The molecule has 0 aromatic rings. The van der Waals surface area contributed by atoms with E-state index in [1.165, 1.54) is 0 Å². The highest BCUT2D eigenvalue weighted by molar-refractivity contribution is 5.77. The smallest absolute Gasteiger partial charge is 0.0921 e. The Balaban J connectivity index is 4.47. The summed E-state index contributed by atoms with van der Waals surface area (Å²) >= 11 is 0. The number of rotatable bonds is 9. The van der Waals surface area contributed by atoms with Crippen LogP contribution in [0.5, 0.6) is 0 Å². The molecule has 0 fully saturated rings. The lowest BCUT2D eigenvalue weighted by atomic mass is 10.1. The number of nitrogens with two attached hydrogens (primary N) is 1. The van der Waals surface area contributed by atoms with E-state index in [1.54, 1.807) is 7.11 Å². The van der Waals surface area contributed by atoms with Gasteiger partial charge in [0.1, 0.15) is 0 Å². The van der Waals surface area contributed by atoms with E-state index in [9.17, 15) is 0 Å². The lowest BCUT2D eigenvalue weighted by Crippen LogP contribution is -2.44. The number of ether oxygens (including phenoxy) is 1. The van der Waals surface area contributed by atoms with Gasteiger partial charge in [-0.3, -0.25) is 10.3 Å². The average molecular weight is 229 g/mol. The van der Waals surface area contributed by atoms with Gasteiger partial charge in [0.25, 0.3) is 0 Å². The van der Waals surface area contributed by atoms with Gasteiger partial charge in [0.15, 0.2) is 0 Å². The summed E-state index contributed by atoms with van der Waals surface area (Å²) in [5.41, 5.74) is 5.50. The summed E-state index contributed by atoms with van der Waals surface area (Å²) in [4.78, 5) is 2.41. The molecule has 0 spiro atoms. The molecule has 0 radical (unpaired) electrons. The summed E-state index contributed by atoms with van der Waals surface area (Å²) in [6.07, 6.45) is 2.79. The maximum atomic E-state index is 7.42. The van der Waals surface area contributed by atoms with E-state index in [1.807, 2.05) is 0 Å². The Morgan fingerprint density at radius 1 is 1.38 bits per heavy atom. The average Bonchev–Trinajstić information content (AvgIpc) is 2.26. The van der Waals surface area contributed by atoms with Crippen LogP contribution in [0.25, 0.3) is 0 Å². The van der Waals surface area contributed by atoms with Crippen molar-refractivity contribution in [3.63, 3.8) is 0 Å². The Kier molecular flexibility index (Phi) is 8.21. The highest BCUT2D eigenvalue weighted by atomic mass is 16.5. The maximum Gasteiger partial charge on any atom is 0.0921 e. The Morgan fingerprint density at radius 2 is 2.00 bits per heavy atom. The fourth-order valence-corrected chi connectivity index (χ4v) is 1.94. The van der Waals surface area contributed by atoms with Crippen molar-refractivity contribution in [3.05, 3.63) is 0 Å². The molecule has 0 aliphatic carbocycles. The summed E-state index contributed by atoms with van der Waals surface area (Å²) in [5, 5.41) is 7.42. The SMILES string of the molecule is CCC(C)N(CCOC)C(CC)CC(=N)N. The van der Waals surface area contributed by atoms with Gasteiger partial charge in [-0.25, -0.2) is 0 Å². The Hall–Kier alpha value is -0.610. The van der Waals surface area contributed by atoms with E-state index in [0.717, 1.165) is 26.0 Å². The van der Waals surface area contributed by atoms with Gasteiger partial charge in [-0.1, -0.05) is 13.8 Å². The summed E-state index contributed by atoms with van der Waals surface area (Å²) in [5.74, 6) is 0.276. The summed E-state index contributed by atoms with van der Waals surface area (Å²) in [6.45, 7) is 8.20. The fourth-order valence-electron chi connectivity index (χ4n) is 1.94. The second-order valence-corrected chi connectivity index (χ2v) is 4.28. The molecular weight excluding hydrogens is 202 g/mol. The zero-order chi connectivity index (χ0) is 12.6. The summed E-state index contributed by atoms with van der Waals surface area (Å²) in [6, 6.07) is 0.877. The molecule has 4 nitrogen and oxygen atoms in total. The molecule has 0 aromatic heterocycles. The first-order valence-corrected chi connectivity index (χ1v) is 6.14. The van der Waals surface area contributed by atoms with Crippen LogP contribution in [0.4, 0.5) is 0 Å². The third kappa shape index (κ3) is 5.47. The quantitative estimate of drug-likeness (QED) is 0.468. The molecule has 4 heteroatoms. The minimum absolute atomic E-state index is 0.276. The zero-order valence-electron chi connectivity index (χ0n) is 11.1. The van der Waals surface area contributed by atoms with Gasteiger partial charge in [-0.05, 0) is 19.8 Å². The molecule has 16 heavy (non-hydrogen) atoms. The van der Waals surface area contributed by atoms with Gasteiger partial charge in [-0.2, -0.15) is 0 Å². The Labute approximate surface area is 99.7 Å². The predicted octanol–water partition coefficient (Wildman–Crippen LogP) is 1.84. The van der Waals surface area contributed by atoms with E-state index >= 15 is 0 Å². The minimum Gasteiger partial charge on any atom is -0.388 e. The fraction of sp³-hybridized carbons (Fsp3) is 0.917. The molecule has 96 valence electrons. The van der Waals surface area contributed by atoms with Crippen molar-refractivity contribution in [3.8, 4) is 0 Å². The largest absolute Gasteiger partial charge is 0.388 e. The second-order valence-electron chi connectivity index (χ2n) is 4.28. The van der Waals surface area contributed by atoms with Crippen molar-refractivity contribution in [1.29, 1.82) is 5.41 Å². The minimum atomic E-state index is 0.276. The second kappa shape index (κ2) is 8.53. The molecule has 0 heterocycles. The van der Waals surface area contributed by atoms with Crippen molar-refractivity contribution in [2.24, 2.45) is 5.73 Å². The van der Waals surface area contributed by atoms with Crippen LogP contribution in [0.3, 0.4) is 0 Å². The molecule has 0 saturated heterocycles. The molecule has 0 bridgehead atoms. The summed E-state index contributed by atoms with van der Waals surface area (Å²) < 4.78 is 5.14. The molecule has 3 N–H and O–H groups in total. The Morgan fingerprint density at radius 3 is 2.38 bits per heavy atom. The van der Waals surface area contributed by atoms with Gasteiger partial charge in [0, 0.05) is 32.2 Å². The molecule has 0 aliphatic heterocycles. The normalized spacial score (nSPS) is 15.1. The number of hydrogen-bond acceptors (Lipinski definition) is 3. The molecule has 0 aromatic carbocycles. The van der Waals surface area contributed by atoms with Crippen LogP contribution in [-0.2, 0) is 4.74 Å². The molecule has 2 atom stereocenters. The first-order chi connectivity index (χ1) is 7.56. The van der Waals surface area contributed by atoms with Crippen LogP contribution >= 0.6 is 0 Å². The standard InChI is InChI=1S/C12H27N3O/c1-5-10(3)15(7-8-16-4)11(6-2)9-12(13)14/h10-11H,5-9H2,1-4H3,(H3,13,14). The molecule has 0 amide bonds. The van der Waals surface area contributed by atoms with Crippen LogP contribution in [0.1, 0.15) is 40.0 Å². The van der Waals surface area contributed by atoms with Gasteiger partial charge in [-0.15, -0.1) is 0 Å². The van der Waals surface area contributed by atoms with E-state index in [2.05, 4.69) is 25.7 Å². The highest BCUT2D eigenvalue weighted by Crippen LogP contribution is 2.14. The topological polar surface area (TPSA) is 62.3 Å². The van der Waals surface area contributed by atoms with E-state index in [4.69, 9.17) is 15.9 Å². The first kappa shape index (κ1) is 15.4. The molecular formula is C12H27N3O. The Bertz CT molecular complexity index is 197. The number of amidine groups is 1. The monoisotopic (exact) mass is 229 g/mol. The van der Waals surface area contributed by atoms with Crippen LogP contribution in [-0.4, -0.2) is 43.1 Å². The van der Waals surface area contributed by atoms with Gasteiger partial charge < -0.3 is 10.5 Å². The van der Waals surface area contributed by atoms with Crippen molar-refractivity contribution < 1.29 is 4.74 Å². The van der Waals surface area contributed by atoms with Crippen molar-refractivity contribution in [2.45, 2.75) is 52.1 Å². The highest BCUT2D eigenvalue weighted by Gasteiger charge is 2.21. The third-order valence-electron chi connectivity index (χ3n) is 3.11. The summed E-state index contributed by atoms with van der Waals surface area (Å²) in [7, 11) is 1.72. The van der Waals surface area contributed by atoms with Gasteiger partial charge in [0.05, 0.1) is 12.4 Å². The van der Waals surface area contributed by atoms with Crippen molar-refractivity contribution in [2.75, 3.05) is 20.3 Å². The van der Waals surface area contributed by atoms with Crippen molar-refractivity contribution in [1.82, 2.24) is 4.90 Å². The van der Waals surface area contributed by atoms with Crippen molar-refractivity contribution >= 4 is 5.84 Å². The van der Waals surface area contributed by atoms with Crippen LogP contribution in [0.2, 0.25) is 0 Å². The number of methoxy groups -OCH3 is 1. The van der Waals surface area contributed by atoms with E-state index < -0.39 is 0 Å². The predicted molar refractivity (Wildman–Crippen MR) is 68.9 cm³/mol. The zero-order valence-corrected chi connectivity index (χ0v) is 11.1. The van der Waals surface area contributed by atoms with Crippen LogP contribution in [0.15, 0.2) is 0 Å². The number of nitrogens with one attached hydrogen (secondary N) is 1. The van der Waals surface area contributed by atoms with Crippen LogP contribution < -0.4 is 5.73 Å². The van der Waals surface area contributed by atoms with Gasteiger partial charge in [0.2, 0.25) is 0 Å². The molecule has 0 rings (SSSR count). The number of nitrogens with zero attached hydrogens (tertiary/aromatic N) is 1. The maximum absolute atomic E-state index is 7.42. The number of hydrogen-bond donors (Lipinski definition) is 2. The van der Waals surface area contributed by atoms with E-state index in [-0.39, 0.29) is 5.84 Å². The first-order valence-electron chi connectivity index (χ1n) is 6.14. The molecule has 0 aliphatic rings. The van der Waals surface area contributed by atoms with E-state index in [0.29, 0.717) is 18.5 Å². The molecule has 0 saturated carbocycles. The molecule has 2 unspecified atom stereocenters. The third-order valence-corrected chi connectivity index (χ3v) is 3.11. The van der Waals surface area contributed by atoms with Crippen LogP contribution in [0, 0.1) is 5.41 Å².